The zero-order valence-electron chi connectivity index (χ0n) is 8.60. The highest BCUT2D eigenvalue weighted by atomic mass is 35.5. The van der Waals surface area contributed by atoms with E-state index in [0.29, 0.717) is 5.92 Å². The lowest BCUT2D eigenvalue weighted by Gasteiger charge is -2.11. The van der Waals surface area contributed by atoms with Crippen molar-refractivity contribution < 1.29 is 0 Å². The van der Waals surface area contributed by atoms with Crippen molar-refractivity contribution in [1.82, 2.24) is 0 Å². The van der Waals surface area contributed by atoms with E-state index in [1.165, 1.54) is 11.1 Å². The van der Waals surface area contributed by atoms with Crippen molar-refractivity contribution in [2.45, 2.75) is 39.5 Å². The fraction of sp³-hybridized carbons (Fsp3) is 0.500. The van der Waals surface area contributed by atoms with E-state index in [9.17, 15) is 0 Å². The first-order valence-corrected chi connectivity index (χ1v) is 5.35. The predicted molar refractivity (Wildman–Crippen MR) is 59.5 cm³/mol. The third-order valence-corrected chi connectivity index (χ3v) is 2.94. The summed E-state index contributed by atoms with van der Waals surface area (Å²) in [6.07, 6.45) is 2.20. The summed E-state index contributed by atoms with van der Waals surface area (Å²) in [4.78, 5) is 0. The van der Waals surface area contributed by atoms with E-state index in [1.54, 1.807) is 0 Å². The Labute approximate surface area is 85.9 Å². The summed E-state index contributed by atoms with van der Waals surface area (Å²) in [6.45, 7) is 6.55. The first-order chi connectivity index (χ1) is 6.19. The van der Waals surface area contributed by atoms with Crippen LogP contribution in [0.2, 0.25) is 5.02 Å². The van der Waals surface area contributed by atoms with Crippen LogP contribution in [0, 0.1) is 0 Å². The zero-order chi connectivity index (χ0) is 9.84. The maximum Gasteiger partial charge on any atom is 0.0443 e. The lowest BCUT2D eigenvalue weighted by atomic mass is 9.97. The number of benzene rings is 1. The van der Waals surface area contributed by atoms with E-state index in [4.69, 9.17) is 11.6 Å². The molecule has 0 aliphatic carbocycles. The molecule has 13 heavy (non-hydrogen) atoms. The van der Waals surface area contributed by atoms with Crippen LogP contribution in [0.1, 0.15) is 44.2 Å². The summed E-state index contributed by atoms with van der Waals surface area (Å²) in [5, 5.41) is 0.925. The topological polar surface area (TPSA) is 0 Å². The van der Waals surface area contributed by atoms with Crippen LogP contribution in [-0.2, 0) is 6.42 Å². The van der Waals surface area contributed by atoms with Crippen molar-refractivity contribution in [2.75, 3.05) is 0 Å². The van der Waals surface area contributed by atoms with Gasteiger partial charge in [-0.05, 0) is 36.0 Å². The molecule has 72 valence electrons. The Morgan fingerprint density at radius 3 is 2.46 bits per heavy atom. The molecule has 0 spiro atoms. The van der Waals surface area contributed by atoms with Gasteiger partial charge in [0.25, 0.3) is 0 Å². The smallest absolute Gasteiger partial charge is 0.0443 e. The third kappa shape index (κ3) is 2.47. The van der Waals surface area contributed by atoms with Gasteiger partial charge in [0.05, 0.1) is 0 Å². The fourth-order valence-electron chi connectivity index (χ4n) is 1.41. The van der Waals surface area contributed by atoms with Crippen LogP contribution >= 0.6 is 11.6 Å². The lowest BCUT2D eigenvalue weighted by molar-refractivity contribution is 0.733. The summed E-state index contributed by atoms with van der Waals surface area (Å²) in [5.74, 6) is 0.568. The van der Waals surface area contributed by atoms with E-state index in [1.807, 2.05) is 0 Å². The molecule has 1 aromatic carbocycles. The van der Waals surface area contributed by atoms with E-state index >= 15 is 0 Å². The van der Waals surface area contributed by atoms with Gasteiger partial charge in [0.15, 0.2) is 0 Å². The van der Waals surface area contributed by atoms with Crippen molar-refractivity contribution >= 4 is 11.6 Å². The van der Waals surface area contributed by atoms with E-state index in [0.717, 1.165) is 17.9 Å². The van der Waals surface area contributed by atoms with E-state index < -0.39 is 0 Å². The summed E-state index contributed by atoms with van der Waals surface area (Å²) in [7, 11) is 0. The van der Waals surface area contributed by atoms with Crippen LogP contribution in [0.5, 0.6) is 0 Å². The van der Waals surface area contributed by atoms with E-state index in [-0.39, 0.29) is 0 Å². The molecule has 0 aliphatic heterocycles. The van der Waals surface area contributed by atoms with Crippen LogP contribution in [-0.4, -0.2) is 0 Å². The Morgan fingerprint density at radius 2 is 2.00 bits per heavy atom. The standard InChI is InChI=1S/C12H17Cl/c1-4-9(3)11-7-6-10(5-2)8-12(11)13/h6-9H,4-5H2,1-3H3. The highest BCUT2D eigenvalue weighted by Gasteiger charge is 2.07. The molecule has 0 nitrogen and oxygen atoms in total. The Morgan fingerprint density at radius 1 is 1.31 bits per heavy atom. The number of halogens is 1. The zero-order valence-corrected chi connectivity index (χ0v) is 9.36. The van der Waals surface area contributed by atoms with Crippen LogP contribution in [0.15, 0.2) is 18.2 Å². The highest BCUT2D eigenvalue weighted by Crippen LogP contribution is 2.27. The van der Waals surface area contributed by atoms with Crippen LogP contribution < -0.4 is 0 Å². The Balaban J connectivity index is 2.98. The molecular weight excluding hydrogens is 180 g/mol. The molecule has 0 aromatic heterocycles. The summed E-state index contributed by atoms with van der Waals surface area (Å²) < 4.78 is 0. The van der Waals surface area contributed by atoms with Gasteiger partial charge in [-0.2, -0.15) is 0 Å². The molecule has 1 aromatic rings. The fourth-order valence-corrected chi connectivity index (χ4v) is 1.80. The molecule has 0 amide bonds. The van der Waals surface area contributed by atoms with Gasteiger partial charge < -0.3 is 0 Å². The lowest BCUT2D eigenvalue weighted by Crippen LogP contribution is -1.93. The largest absolute Gasteiger partial charge is 0.0840 e. The number of hydrogen-bond acceptors (Lipinski definition) is 0. The van der Waals surface area contributed by atoms with E-state index in [2.05, 4.69) is 39.0 Å². The minimum absolute atomic E-state index is 0.568. The molecule has 0 bridgehead atoms. The Bertz CT molecular complexity index is 278. The minimum Gasteiger partial charge on any atom is -0.0840 e. The maximum atomic E-state index is 6.18. The molecule has 0 radical (unpaired) electrons. The molecule has 0 N–H and O–H groups in total. The predicted octanol–water partition coefficient (Wildman–Crippen LogP) is 4.42. The van der Waals surface area contributed by atoms with Gasteiger partial charge in [-0.3, -0.25) is 0 Å². The van der Waals surface area contributed by atoms with Crippen molar-refractivity contribution in [3.8, 4) is 0 Å². The monoisotopic (exact) mass is 196 g/mol. The van der Waals surface area contributed by atoms with Crippen LogP contribution in [0.25, 0.3) is 0 Å². The van der Waals surface area contributed by atoms with Gasteiger partial charge in [0.2, 0.25) is 0 Å². The van der Waals surface area contributed by atoms with Crippen molar-refractivity contribution in [3.05, 3.63) is 34.3 Å². The van der Waals surface area contributed by atoms with Gasteiger partial charge >= 0.3 is 0 Å². The van der Waals surface area contributed by atoms with Gasteiger partial charge in [-0.1, -0.05) is 44.5 Å². The van der Waals surface area contributed by atoms with Gasteiger partial charge in [0, 0.05) is 5.02 Å². The van der Waals surface area contributed by atoms with Crippen molar-refractivity contribution in [3.63, 3.8) is 0 Å². The summed E-state index contributed by atoms with van der Waals surface area (Å²) in [5.41, 5.74) is 2.60. The molecule has 1 rings (SSSR count). The summed E-state index contributed by atoms with van der Waals surface area (Å²) >= 11 is 6.18. The summed E-state index contributed by atoms with van der Waals surface area (Å²) in [6, 6.07) is 6.42. The molecule has 0 saturated carbocycles. The molecule has 1 unspecified atom stereocenters. The molecular formula is C12H17Cl. The van der Waals surface area contributed by atoms with Crippen LogP contribution in [0.3, 0.4) is 0 Å². The number of hydrogen-bond donors (Lipinski definition) is 0. The first-order valence-electron chi connectivity index (χ1n) is 4.97. The molecule has 0 saturated heterocycles. The highest BCUT2D eigenvalue weighted by molar-refractivity contribution is 6.31. The van der Waals surface area contributed by atoms with Crippen molar-refractivity contribution in [2.24, 2.45) is 0 Å². The average Bonchev–Trinajstić information content (AvgIpc) is 2.16. The second-order valence-electron chi connectivity index (χ2n) is 3.52. The molecule has 1 heteroatoms. The van der Waals surface area contributed by atoms with Crippen LogP contribution in [0.4, 0.5) is 0 Å². The number of aryl methyl sites for hydroxylation is 1. The quantitative estimate of drug-likeness (QED) is 0.672. The number of rotatable bonds is 3. The SMILES string of the molecule is CCc1ccc(C(C)CC)c(Cl)c1. The second kappa shape index (κ2) is 4.66. The van der Waals surface area contributed by atoms with Gasteiger partial charge in [0.1, 0.15) is 0 Å². The maximum absolute atomic E-state index is 6.18. The minimum atomic E-state index is 0.568. The average molecular weight is 197 g/mol. The Kier molecular flexibility index (Phi) is 3.80. The molecule has 0 fully saturated rings. The third-order valence-electron chi connectivity index (χ3n) is 2.62. The first kappa shape index (κ1) is 10.6. The van der Waals surface area contributed by atoms with Crippen molar-refractivity contribution in [1.29, 1.82) is 0 Å². The van der Waals surface area contributed by atoms with Gasteiger partial charge in [-0.15, -0.1) is 0 Å². The molecule has 0 aliphatic rings. The second-order valence-corrected chi connectivity index (χ2v) is 3.93. The molecule has 1 atom stereocenters. The normalized spacial score (nSPS) is 12.9. The van der Waals surface area contributed by atoms with Gasteiger partial charge in [-0.25, -0.2) is 0 Å². The molecule has 0 heterocycles. The Hall–Kier alpha value is -0.490.